The molecule has 1 aromatic heterocycles. The van der Waals surface area contributed by atoms with Crippen molar-refractivity contribution < 1.29 is 14.3 Å². The van der Waals surface area contributed by atoms with E-state index in [0.717, 1.165) is 16.5 Å². The molecule has 3 rings (SSSR count). The topological polar surface area (TPSA) is 59.7 Å². The van der Waals surface area contributed by atoms with Gasteiger partial charge in [0.25, 0.3) is 0 Å². The Bertz CT molecular complexity index is 881. The Kier molecular flexibility index (Phi) is 4.17. The van der Waals surface area contributed by atoms with E-state index in [1.54, 1.807) is 13.0 Å². The van der Waals surface area contributed by atoms with E-state index in [2.05, 4.69) is 0 Å². The number of aryl methyl sites for hydroxylation is 1. The number of benzene rings is 2. The van der Waals surface area contributed by atoms with Gasteiger partial charge in [-0.15, -0.1) is 0 Å². The fourth-order valence-corrected chi connectivity index (χ4v) is 2.46. The first kappa shape index (κ1) is 15.3. The van der Waals surface area contributed by atoms with Gasteiger partial charge >= 0.3 is 5.63 Å². The molecule has 0 radical (unpaired) electrons. The van der Waals surface area contributed by atoms with Crippen molar-refractivity contribution in [2.45, 2.75) is 20.0 Å². The van der Waals surface area contributed by atoms with Gasteiger partial charge in [-0.25, -0.2) is 4.79 Å². The largest absolute Gasteiger partial charge is 0.490 e. The molecule has 2 aromatic carbocycles. The smallest absolute Gasteiger partial charge is 0.339 e. The second-order valence-electron chi connectivity index (χ2n) is 5.53. The van der Waals surface area contributed by atoms with Gasteiger partial charge in [-0.3, -0.25) is 0 Å². The molecule has 118 valence electrons. The van der Waals surface area contributed by atoms with Crippen LogP contribution in [-0.4, -0.2) is 11.7 Å². The molecule has 0 spiro atoms. The minimum absolute atomic E-state index is 0.130. The molecule has 0 aliphatic rings. The van der Waals surface area contributed by atoms with Crippen LogP contribution in [0, 0.1) is 13.8 Å². The maximum Gasteiger partial charge on any atom is 0.339 e. The Morgan fingerprint density at radius 3 is 2.57 bits per heavy atom. The van der Waals surface area contributed by atoms with Crippen LogP contribution in [-0.2, 0) is 0 Å². The van der Waals surface area contributed by atoms with Crippen molar-refractivity contribution in [3.8, 4) is 5.75 Å². The number of hydrogen-bond acceptors (Lipinski definition) is 4. The number of hydrogen-bond donors (Lipinski definition) is 1. The Balaban J connectivity index is 1.81. The van der Waals surface area contributed by atoms with Gasteiger partial charge in [-0.2, -0.15) is 0 Å². The van der Waals surface area contributed by atoms with E-state index in [0.29, 0.717) is 16.9 Å². The lowest BCUT2D eigenvalue weighted by atomic mass is 10.1. The number of aliphatic hydroxyl groups is 1. The molecule has 0 unspecified atom stereocenters. The van der Waals surface area contributed by atoms with Crippen LogP contribution in [0.25, 0.3) is 11.0 Å². The van der Waals surface area contributed by atoms with E-state index in [4.69, 9.17) is 9.15 Å². The zero-order valence-corrected chi connectivity index (χ0v) is 13.1. The second-order valence-corrected chi connectivity index (χ2v) is 5.53. The third kappa shape index (κ3) is 3.12. The van der Waals surface area contributed by atoms with Crippen molar-refractivity contribution in [3.05, 3.63) is 75.6 Å². The summed E-state index contributed by atoms with van der Waals surface area (Å²) >= 11 is 0. The van der Waals surface area contributed by atoms with Gasteiger partial charge in [-0.1, -0.05) is 30.3 Å². The third-order valence-corrected chi connectivity index (χ3v) is 4.02. The Morgan fingerprint density at radius 1 is 1.09 bits per heavy atom. The van der Waals surface area contributed by atoms with Crippen molar-refractivity contribution in [3.63, 3.8) is 0 Å². The zero-order chi connectivity index (χ0) is 16.4. The summed E-state index contributed by atoms with van der Waals surface area (Å²) in [5.41, 5.74) is 2.48. The van der Waals surface area contributed by atoms with Gasteiger partial charge in [0, 0.05) is 17.0 Å². The van der Waals surface area contributed by atoms with Gasteiger partial charge in [0.2, 0.25) is 0 Å². The third-order valence-electron chi connectivity index (χ3n) is 4.02. The maximum absolute atomic E-state index is 11.8. The van der Waals surface area contributed by atoms with Gasteiger partial charge in [0.15, 0.2) is 0 Å². The molecule has 1 N–H and O–H groups in total. The van der Waals surface area contributed by atoms with Crippen molar-refractivity contribution in [2.24, 2.45) is 0 Å². The van der Waals surface area contributed by atoms with Crippen LogP contribution in [0.1, 0.15) is 22.8 Å². The average molecular weight is 310 g/mol. The molecule has 0 bridgehead atoms. The summed E-state index contributed by atoms with van der Waals surface area (Å²) in [4.78, 5) is 11.8. The molecule has 0 saturated heterocycles. The van der Waals surface area contributed by atoms with Crippen LogP contribution in [0.15, 0.2) is 57.7 Å². The van der Waals surface area contributed by atoms with Crippen molar-refractivity contribution >= 4 is 11.0 Å². The van der Waals surface area contributed by atoms with Crippen LogP contribution in [0.3, 0.4) is 0 Å². The lowest BCUT2D eigenvalue weighted by molar-refractivity contribution is 0.108. The SMILES string of the molecule is Cc1c(C)c2ccc(OC[C@H](O)c3ccccc3)cc2oc1=O. The van der Waals surface area contributed by atoms with E-state index >= 15 is 0 Å². The van der Waals surface area contributed by atoms with Crippen LogP contribution >= 0.6 is 0 Å². The Morgan fingerprint density at radius 2 is 1.83 bits per heavy atom. The van der Waals surface area contributed by atoms with Gasteiger partial charge in [-0.05, 0) is 37.1 Å². The molecule has 4 heteroatoms. The van der Waals surface area contributed by atoms with Crippen LogP contribution < -0.4 is 10.4 Å². The number of ether oxygens (including phenoxy) is 1. The standard InChI is InChI=1S/C19H18O4/c1-12-13(2)19(21)23-18-10-15(8-9-16(12)18)22-11-17(20)14-6-4-3-5-7-14/h3-10,17,20H,11H2,1-2H3/t17-/m0/s1. The highest BCUT2D eigenvalue weighted by molar-refractivity contribution is 5.82. The summed E-state index contributed by atoms with van der Waals surface area (Å²) in [6.07, 6.45) is -0.710. The summed E-state index contributed by atoms with van der Waals surface area (Å²) in [6.45, 7) is 3.78. The molecule has 0 aliphatic carbocycles. The molecule has 23 heavy (non-hydrogen) atoms. The van der Waals surface area contributed by atoms with Gasteiger partial charge in [0.05, 0.1) is 0 Å². The fourth-order valence-electron chi connectivity index (χ4n) is 2.46. The van der Waals surface area contributed by atoms with Gasteiger partial charge in [0.1, 0.15) is 24.0 Å². The zero-order valence-electron chi connectivity index (χ0n) is 13.1. The first-order valence-electron chi connectivity index (χ1n) is 7.46. The molecule has 0 saturated carbocycles. The lowest BCUT2D eigenvalue weighted by Gasteiger charge is -2.13. The second kappa shape index (κ2) is 6.26. The predicted molar refractivity (Wildman–Crippen MR) is 88.9 cm³/mol. The van der Waals surface area contributed by atoms with E-state index in [9.17, 15) is 9.90 Å². The Hall–Kier alpha value is -2.59. The summed E-state index contributed by atoms with van der Waals surface area (Å²) in [5.74, 6) is 0.555. The molecule has 0 fully saturated rings. The maximum atomic E-state index is 11.8. The summed E-state index contributed by atoms with van der Waals surface area (Å²) in [5, 5.41) is 11.0. The highest BCUT2D eigenvalue weighted by Crippen LogP contribution is 2.24. The molecular formula is C19H18O4. The van der Waals surface area contributed by atoms with Crippen molar-refractivity contribution in [2.75, 3.05) is 6.61 Å². The molecule has 1 heterocycles. The minimum Gasteiger partial charge on any atom is -0.490 e. The first-order valence-corrected chi connectivity index (χ1v) is 7.46. The fraction of sp³-hybridized carbons (Fsp3) is 0.211. The minimum atomic E-state index is -0.710. The van der Waals surface area contributed by atoms with E-state index in [1.807, 2.05) is 49.4 Å². The van der Waals surface area contributed by atoms with E-state index < -0.39 is 6.10 Å². The normalized spacial score (nSPS) is 12.3. The quantitative estimate of drug-likeness (QED) is 0.749. The number of rotatable bonds is 4. The van der Waals surface area contributed by atoms with Gasteiger partial charge < -0.3 is 14.3 Å². The molecule has 1 atom stereocenters. The number of fused-ring (bicyclic) bond motifs is 1. The molecule has 4 nitrogen and oxygen atoms in total. The highest BCUT2D eigenvalue weighted by atomic mass is 16.5. The molecule has 3 aromatic rings. The monoisotopic (exact) mass is 310 g/mol. The van der Waals surface area contributed by atoms with Crippen molar-refractivity contribution in [1.29, 1.82) is 0 Å². The summed E-state index contributed by atoms with van der Waals surface area (Å²) in [7, 11) is 0. The number of aliphatic hydroxyl groups excluding tert-OH is 1. The summed E-state index contributed by atoms with van der Waals surface area (Å²) < 4.78 is 10.9. The highest BCUT2D eigenvalue weighted by Gasteiger charge is 2.11. The lowest BCUT2D eigenvalue weighted by Crippen LogP contribution is -2.10. The average Bonchev–Trinajstić information content (AvgIpc) is 2.58. The van der Waals surface area contributed by atoms with Crippen LogP contribution in [0.5, 0.6) is 5.75 Å². The Labute approximate surface area is 134 Å². The molecule has 0 aliphatic heterocycles. The van der Waals surface area contributed by atoms with Crippen LogP contribution in [0.2, 0.25) is 0 Å². The molecule has 0 amide bonds. The van der Waals surface area contributed by atoms with Crippen LogP contribution in [0.4, 0.5) is 0 Å². The van der Waals surface area contributed by atoms with E-state index in [-0.39, 0.29) is 12.2 Å². The van der Waals surface area contributed by atoms with Crippen molar-refractivity contribution in [1.82, 2.24) is 0 Å². The summed E-state index contributed by atoms with van der Waals surface area (Å²) in [6, 6.07) is 14.7. The predicted octanol–water partition coefficient (Wildman–Crippen LogP) is 3.52. The van der Waals surface area contributed by atoms with E-state index in [1.165, 1.54) is 0 Å². The molecular weight excluding hydrogens is 292 g/mol. The first-order chi connectivity index (χ1) is 11.1.